The first-order valence-electron chi connectivity index (χ1n) is 8.43. The second kappa shape index (κ2) is 7.91. The molecule has 2 aromatic rings. The number of ether oxygens (including phenoxy) is 1. The maximum atomic E-state index is 14.0. The summed E-state index contributed by atoms with van der Waals surface area (Å²) in [5.41, 5.74) is 0.574. The third-order valence-electron chi connectivity index (χ3n) is 4.29. The molecule has 0 aromatic heterocycles. The summed E-state index contributed by atoms with van der Waals surface area (Å²) < 4.78 is 19.1. The molecule has 0 aliphatic heterocycles. The Labute approximate surface area is 152 Å². The highest BCUT2D eigenvalue weighted by atomic mass is 32.2. The molecular weight excluding hydrogens is 337 g/mol. The van der Waals surface area contributed by atoms with Gasteiger partial charge in [0, 0.05) is 23.0 Å². The molecule has 1 aliphatic carbocycles. The van der Waals surface area contributed by atoms with Crippen LogP contribution in [-0.2, 0) is 11.3 Å². The lowest BCUT2D eigenvalue weighted by Gasteiger charge is -2.26. The minimum Gasteiger partial charge on any atom is -0.497 e. The van der Waals surface area contributed by atoms with Crippen molar-refractivity contribution in [3.05, 3.63) is 59.9 Å². The van der Waals surface area contributed by atoms with Crippen molar-refractivity contribution in [2.75, 3.05) is 7.11 Å². The normalized spacial score (nSPS) is 14.8. The monoisotopic (exact) mass is 359 g/mol. The average Bonchev–Trinajstić information content (AvgIpc) is 3.46. The number of rotatable bonds is 7. The van der Waals surface area contributed by atoms with Crippen LogP contribution >= 0.6 is 11.8 Å². The van der Waals surface area contributed by atoms with E-state index >= 15 is 0 Å². The maximum absolute atomic E-state index is 14.0. The molecule has 5 heteroatoms. The number of hydrogen-bond donors (Lipinski definition) is 0. The molecule has 0 radical (unpaired) electrons. The minimum atomic E-state index is -0.253. The molecule has 0 N–H and O–H groups in total. The summed E-state index contributed by atoms with van der Waals surface area (Å²) in [6, 6.07) is 14.6. The first kappa shape index (κ1) is 17.8. The zero-order valence-electron chi connectivity index (χ0n) is 14.4. The van der Waals surface area contributed by atoms with Gasteiger partial charge in [-0.2, -0.15) is 0 Å². The first-order valence-corrected chi connectivity index (χ1v) is 9.31. The highest BCUT2D eigenvalue weighted by Crippen LogP contribution is 2.33. The molecule has 0 spiro atoms. The molecule has 0 heterocycles. The molecule has 25 heavy (non-hydrogen) atoms. The maximum Gasteiger partial charge on any atom is 0.236 e. The summed E-state index contributed by atoms with van der Waals surface area (Å²) in [6.07, 6.45) is 2.00. The number of halogens is 1. The van der Waals surface area contributed by atoms with E-state index < -0.39 is 0 Å². The molecular formula is C20H22FNO2S. The standard InChI is InChI=1S/C20H22FNO2S/c1-14(25-18-11-9-17(24-2)10-12-18)20(23)22(16-7-8-16)13-15-5-3-4-6-19(15)21/h3-6,9-12,14,16H,7-8,13H2,1-2H3. The summed E-state index contributed by atoms with van der Waals surface area (Å²) in [7, 11) is 1.63. The van der Waals surface area contributed by atoms with Gasteiger partial charge >= 0.3 is 0 Å². The van der Waals surface area contributed by atoms with E-state index in [1.54, 1.807) is 19.2 Å². The highest BCUT2D eigenvalue weighted by Gasteiger charge is 2.35. The molecule has 3 nitrogen and oxygen atoms in total. The SMILES string of the molecule is COc1ccc(SC(C)C(=O)N(Cc2ccccc2F)C2CC2)cc1. The molecule has 1 aliphatic rings. The summed E-state index contributed by atoms with van der Waals surface area (Å²) >= 11 is 1.52. The van der Waals surface area contributed by atoms with Crippen molar-refractivity contribution in [3.63, 3.8) is 0 Å². The first-order chi connectivity index (χ1) is 12.1. The average molecular weight is 359 g/mol. The fourth-order valence-corrected chi connectivity index (χ4v) is 3.66. The number of hydrogen-bond acceptors (Lipinski definition) is 3. The van der Waals surface area contributed by atoms with E-state index in [9.17, 15) is 9.18 Å². The van der Waals surface area contributed by atoms with E-state index in [4.69, 9.17) is 4.74 Å². The smallest absolute Gasteiger partial charge is 0.236 e. The van der Waals surface area contributed by atoms with Crippen LogP contribution in [0, 0.1) is 5.82 Å². The van der Waals surface area contributed by atoms with Crippen molar-refractivity contribution < 1.29 is 13.9 Å². The number of thioether (sulfide) groups is 1. The van der Waals surface area contributed by atoms with Crippen molar-refractivity contribution >= 4 is 17.7 Å². The zero-order chi connectivity index (χ0) is 17.8. The third-order valence-corrected chi connectivity index (χ3v) is 5.39. The Bertz CT molecular complexity index is 731. The van der Waals surface area contributed by atoms with Gasteiger partial charge in [-0.1, -0.05) is 18.2 Å². The van der Waals surface area contributed by atoms with Crippen LogP contribution in [0.4, 0.5) is 4.39 Å². The van der Waals surface area contributed by atoms with E-state index in [1.165, 1.54) is 17.8 Å². The van der Waals surface area contributed by atoms with Crippen LogP contribution < -0.4 is 4.74 Å². The van der Waals surface area contributed by atoms with E-state index in [2.05, 4.69) is 0 Å². The molecule has 132 valence electrons. The van der Waals surface area contributed by atoms with E-state index in [1.807, 2.05) is 42.2 Å². The molecule has 0 bridgehead atoms. The Kier molecular flexibility index (Phi) is 5.63. The van der Waals surface area contributed by atoms with Crippen LogP contribution in [-0.4, -0.2) is 29.2 Å². The third kappa shape index (κ3) is 4.54. The fourth-order valence-electron chi connectivity index (χ4n) is 2.73. The predicted molar refractivity (Wildman–Crippen MR) is 98.3 cm³/mol. The van der Waals surface area contributed by atoms with E-state index in [-0.39, 0.29) is 23.0 Å². The molecule has 3 rings (SSSR count). The molecule has 2 aromatic carbocycles. The Balaban J connectivity index is 1.68. The van der Waals surface area contributed by atoms with Gasteiger partial charge < -0.3 is 9.64 Å². The van der Waals surface area contributed by atoms with E-state index in [0.29, 0.717) is 12.1 Å². The van der Waals surface area contributed by atoms with Gasteiger partial charge in [-0.15, -0.1) is 11.8 Å². The lowest BCUT2D eigenvalue weighted by Crippen LogP contribution is -2.38. The Morgan fingerprint density at radius 2 is 1.92 bits per heavy atom. The second-order valence-corrected chi connectivity index (χ2v) is 7.64. The van der Waals surface area contributed by atoms with Crippen LogP contribution in [0.15, 0.2) is 53.4 Å². The molecule has 1 unspecified atom stereocenters. The van der Waals surface area contributed by atoms with Gasteiger partial charge in [-0.3, -0.25) is 4.79 Å². The Hall–Kier alpha value is -2.01. The number of methoxy groups -OCH3 is 1. The number of carbonyl (C=O) groups excluding carboxylic acids is 1. The number of carbonyl (C=O) groups is 1. The largest absolute Gasteiger partial charge is 0.497 e. The van der Waals surface area contributed by atoms with Gasteiger partial charge in [-0.05, 0) is 50.1 Å². The van der Waals surface area contributed by atoms with Gasteiger partial charge in [-0.25, -0.2) is 4.39 Å². The van der Waals surface area contributed by atoms with Gasteiger partial charge in [0.25, 0.3) is 0 Å². The van der Waals surface area contributed by atoms with Crippen LogP contribution in [0.1, 0.15) is 25.3 Å². The predicted octanol–water partition coefficient (Wildman–Crippen LogP) is 4.51. The second-order valence-electron chi connectivity index (χ2n) is 6.22. The Morgan fingerprint density at radius 3 is 2.52 bits per heavy atom. The minimum absolute atomic E-state index is 0.0616. The molecule has 1 amide bonds. The lowest BCUT2D eigenvalue weighted by atomic mass is 10.2. The van der Waals surface area contributed by atoms with Crippen molar-refractivity contribution in [1.82, 2.24) is 4.90 Å². The lowest BCUT2D eigenvalue weighted by molar-refractivity contribution is -0.131. The van der Waals surface area contributed by atoms with Crippen LogP contribution in [0.2, 0.25) is 0 Å². The Morgan fingerprint density at radius 1 is 1.24 bits per heavy atom. The van der Waals surface area contributed by atoms with Crippen LogP contribution in [0.5, 0.6) is 5.75 Å². The summed E-state index contributed by atoms with van der Waals surface area (Å²) in [5.74, 6) is 0.602. The van der Waals surface area contributed by atoms with Gasteiger partial charge in [0.15, 0.2) is 0 Å². The molecule has 1 atom stereocenters. The number of amides is 1. The summed E-state index contributed by atoms with van der Waals surface area (Å²) in [5, 5.41) is -0.222. The topological polar surface area (TPSA) is 29.5 Å². The molecule has 1 fully saturated rings. The van der Waals surface area contributed by atoms with Crippen LogP contribution in [0.25, 0.3) is 0 Å². The van der Waals surface area contributed by atoms with Gasteiger partial charge in [0.2, 0.25) is 5.91 Å². The summed E-state index contributed by atoms with van der Waals surface area (Å²) in [6.45, 7) is 2.25. The molecule has 0 saturated heterocycles. The summed E-state index contributed by atoms with van der Waals surface area (Å²) in [4.78, 5) is 15.8. The number of nitrogens with zero attached hydrogens (tertiary/aromatic N) is 1. The fraction of sp³-hybridized carbons (Fsp3) is 0.350. The van der Waals surface area contributed by atoms with Crippen molar-refractivity contribution in [2.24, 2.45) is 0 Å². The molecule has 1 saturated carbocycles. The van der Waals surface area contributed by atoms with Crippen molar-refractivity contribution in [1.29, 1.82) is 0 Å². The number of benzene rings is 2. The van der Waals surface area contributed by atoms with Crippen molar-refractivity contribution in [3.8, 4) is 5.75 Å². The highest BCUT2D eigenvalue weighted by molar-refractivity contribution is 8.00. The van der Waals surface area contributed by atoms with E-state index in [0.717, 1.165) is 23.5 Å². The zero-order valence-corrected chi connectivity index (χ0v) is 15.3. The van der Waals surface area contributed by atoms with Crippen molar-refractivity contribution in [2.45, 2.75) is 42.5 Å². The van der Waals surface area contributed by atoms with Crippen LogP contribution in [0.3, 0.4) is 0 Å². The van der Waals surface area contributed by atoms with Gasteiger partial charge in [0.1, 0.15) is 11.6 Å². The quantitative estimate of drug-likeness (QED) is 0.682. The van der Waals surface area contributed by atoms with Gasteiger partial charge in [0.05, 0.1) is 12.4 Å².